The summed E-state index contributed by atoms with van der Waals surface area (Å²) in [5, 5.41) is 0. The third-order valence-electron chi connectivity index (χ3n) is 8.41. The van der Waals surface area contributed by atoms with E-state index >= 15 is 0 Å². The van der Waals surface area contributed by atoms with E-state index in [1.54, 1.807) is 0 Å². The lowest BCUT2D eigenvalue weighted by Gasteiger charge is -2.32. The fourth-order valence-electron chi connectivity index (χ4n) is 6.94. The van der Waals surface area contributed by atoms with Crippen LogP contribution in [0, 0.1) is 41.4 Å². The van der Waals surface area contributed by atoms with Gasteiger partial charge in [0.2, 0.25) is 0 Å². The molecule has 6 aliphatic rings. The predicted octanol–water partition coefficient (Wildman–Crippen LogP) is 0.793. The van der Waals surface area contributed by atoms with Crippen LogP contribution in [0.2, 0.25) is 0 Å². The molecule has 3 saturated carbocycles. The smallest absolute Gasteiger partial charge is 0.310 e. The van der Waals surface area contributed by atoms with Crippen LogP contribution >= 0.6 is 0 Å². The summed E-state index contributed by atoms with van der Waals surface area (Å²) in [6, 6.07) is 0. The van der Waals surface area contributed by atoms with E-state index < -0.39 is 24.0 Å². The number of morpholine rings is 1. The lowest BCUT2D eigenvalue weighted by molar-refractivity contribution is -0.170. The van der Waals surface area contributed by atoms with Crippen molar-refractivity contribution in [3.05, 3.63) is 12.2 Å². The summed E-state index contributed by atoms with van der Waals surface area (Å²) in [5.74, 6) is -1.53. The highest BCUT2D eigenvalue weighted by molar-refractivity contribution is 5.86. The zero-order valence-corrected chi connectivity index (χ0v) is 17.5. The van der Waals surface area contributed by atoms with Crippen LogP contribution in [0.4, 0.5) is 0 Å². The van der Waals surface area contributed by atoms with E-state index in [1.165, 1.54) is 0 Å². The summed E-state index contributed by atoms with van der Waals surface area (Å²) in [7, 11) is 0. The normalized spacial score (nSPS) is 44.6. The Hall–Kier alpha value is -1.93. The molecule has 9 unspecified atom stereocenters. The van der Waals surface area contributed by atoms with Crippen molar-refractivity contribution in [1.82, 2.24) is 4.90 Å². The Labute approximate surface area is 181 Å². The Morgan fingerprint density at radius 2 is 1.90 bits per heavy atom. The van der Waals surface area contributed by atoms with E-state index in [1.807, 2.05) is 0 Å². The van der Waals surface area contributed by atoms with E-state index in [-0.39, 0.29) is 41.6 Å². The third kappa shape index (κ3) is 3.21. The minimum Gasteiger partial charge on any atom is -0.464 e. The highest BCUT2D eigenvalue weighted by Gasteiger charge is 2.70. The standard InChI is InChI=1S/C23H29NO7/c25-21(14-10-12-1-2-13(14)9-12)30-19-15-11-16-18(23(27)31-20(16)19)17(15)22(26)29-8-5-24-3-6-28-7-4-24/h1-2,12-20H,3-11H2. The molecule has 168 valence electrons. The Morgan fingerprint density at radius 3 is 2.65 bits per heavy atom. The van der Waals surface area contributed by atoms with Gasteiger partial charge in [-0.1, -0.05) is 12.2 Å². The van der Waals surface area contributed by atoms with Gasteiger partial charge in [-0.3, -0.25) is 19.3 Å². The second-order valence-electron chi connectivity index (χ2n) is 9.93. The van der Waals surface area contributed by atoms with Crippen molar-refractivity contribution in [2.45, 2.75) is 31.5 Å². The van der Waals surface area contributed by atoms with Crippen LogP contribution in [-0.2, 0) is 33.3 Å². The molecule has 0 aromatic carbocycles. The maximum atomic E-state index is 13.0. The second-order valence-corrected chi connectivity index (χ2v) is 9.93. The number of allylic oxidation sites excluding steroid dienone is 2. The molecule has 4 aliphatic carbocycles. The maximum Gasteiger partial charge on any atom is 0.310 e. The van der Waals surface area contributed by atoms with Gasteiger partial charge in [0.15, 0.2) is 0 Å². The van der Waals surface area contributed by atoms with Gasteiger partial charge in [-0.2, -0.15) is 0 Å². The van der Waals surface area contributed by atoms with Gasteiger partial charge in [0.1, 0.15) is 18.8 Å². The largest absolute Gasteiger partial charge is 0.464 e. The molecule has 2 saturated heterocycles. The van der Waals surface area contributed by atoms with Crippen LogP contribution < -0.4 is 0 Å². The van der Waals surface area contributed by atoms with E-state index in [2.05, 4.69) is 17.1 Å². The average molecular weight is 431 g/mol. The number of carbonyl (C=O) groups excluding carboxylic acids is 3. The topological polar surface area (TPSA) is 91.4 Å². The lowest BCUT2D eigenvalue weighted by Crippen LogP contribution is -2.45. The summed E-state index contributed by atoms with van der Waals surface area (Å²) in [5.41, 5.74) is 0. The first-order valence-electron chi connectivity index (χ1n) is 11.7. The van der Waals surface area contributed by atoms with Gasteiger partial charge < -0.3 is 18.9 Å². The molecule has 6 rings (SSSR count). The first-order chi connectivity index (χ1) is 15.1. The summed E-state index contributed by atoms with van der Waals surface area (Å²) in [6.07, 6.45) is 5.92. The fraction of sp³-hybridized carbons (Fsp3) is 0.783. The van der Waals surface area contributed by atoms with E-state index in [0.29, 0.717) is 38.7 Å². The number of hydrogen-bond donors (Lipinski definition) is 0. The Morgan fingerprint density at radius 1 is 1.06 bits per heavy atom. The molecule has 0 N–H and O–H groups in total. The SMILES string of the molecule is O=C(OC1C2CC3C1OC(=O)C3C2C(=O)OCCN1CCOCC1)C1CC2C=CC1C2. The van der Waals surface area contributed by atoms with Crippen molar-refractivity contribution in [1.29, 1.82) is 0 Å². The zero-order valence-electron chi connectivity index (χ0n) is 17.5. The molecule has 9 atom stereocenters. The van der Waals surface area contributed by atoms with Gasteiger partial charge >= 0.3 is 17.9 Å². The van der Waals surface area contributed by atoms with Crippen LogP contribution in [0.3, 0.4) is 0 Å². The van der Waals surface area contributed by atoms with Crippen LogP contribution in [0.15, 0.2) is 12.2 Å². The van der Waals surface area contributed by atoms with Gasteiger partial charge in [0.25, 0.3) is 0 Å². The minimum absolute atomic E-state index is 0.0491. The molecule has 2 aliphatic heterocycles. The maximum absolute atomic E-state index is 13.0. The van der Waals surface area contributed by atoms with Gasteiger partial charge in [-0.15, -0.1) is 0 Å². The summed E-state index contributed by atoms with van der Waals surface area (Å²) < 4.78 is 22.5. The Kier molecular flexibility index (Phi) is 4.83. The molecule has 0 aromatic heterocycles. The van der Waals surface area contributed by atoms with Crippen LogP contribution in [0.25, 0.3) is 0 Å². The molecule has 31 heavy (non-hydrogen) atoms. The molecule has 0 radical (unpaired) electrons. The first kappa shape index (κ1) is 19.7. The van der Waals surface area contributed by atoms with Gasteiger partial charge in [0.05, 0.1) is 31.0 Å². The van der Waals surface area contributed by atoms with Crippen molar-refractivity contribution < 1.29 is 33.3 Å². The number of esters is 3. The third-order valence-corrected chi connectivity index (χ3v) is 8.41. The molecule has 5 fully saturated rings. The van der Waals surface area contributed by atoms with Crippen LogP contribution in [0.1, 0.15) is 19.3 Å². The van der Waals surface area contributed by atoms with Crippen molar-refractivity contribution in [3.8, 4) is 0 Å². The minimum atomic E-state index is -0.571. The molecule has 0 spiro atoms. The summed E-state index contributed by atoms with van der Waals surface area (Å²) >= 11 is 0. The number of carbonyl (C=O) groups is 3. The average Bonchev–Trinajstić information content (AvgIpc) is 3.57. The van der Waals surface area contributed by atoms with E-state index in [4.69, 9.17) is 18.9 Å². The van der Waals surface area contributed by atoms with Crippen molar-refractivity contribution in [2.75, 3.05) is 39.5 Å². The molecule has 2 heterocycles. The van der Waals surface area contributed by atoms with Gasteiger partial charge in [-0.25, -0.2) is 0 Å². The van der Waals surface area contributed by atoms with E-state index in [9.17, 15) is 14.4 Å². The highest BCUT2D eigenvalue weighted by atomic mass is 16.6. The number of rotatable bonds is 6. The zero-order chi connectivity index (χ0) is 21.1. The highest BCUT2D eigenvalue weighted by Crippen LogP contribution is 2.59. The molecule has 0 amide bonds. The lowest BCUT2D eigenvalue weighted by atomic mass is 9.78. The molecule has 8 nitrogen and oxygen atoms in total. The van der Waals surface area contributed by atoms with Crippen molar-refractivity contribution in [3.63, 3.8) is 0 Å². The van der Waals surface area contributed by atoms with Crippen LogP contribution in [0.5, 0.6) is 0 Å². The Balaban J connectivity index is 1.10. The Bertz CT molecular complexity index is 806. The number of ether oxygens (including phenoxy) is 4. The molecule has 0 aromatic rings. The number of fused-ring (bicyclic) bond motifs is 3. The monoisotopic (exact) mass is 431 g/mol. The van der Waals surface area contributed by atoms with Crippen molar-refractivity contribution in [2.24, 2.45) is 41.4 Å². The molecule has 8 heteroatoms. The van der Waals surface area contributed by atoms with Crippen molar-refractivity contribution >= 4 is 17.9 Å². The van der Waals surface area contributed by atoms with Crippen LogP contribution in [-0.4, -0.2) is 74.5 Å². The fourth-order valence-corrected chi connectivity index (χ4v) is 6.94. The second kappa shape index (κ2) is 7.59. The molecular formula is C23H29NO7. The first-order valence-corrected chi connectivity index (χ1v) is 11.7. The van der Waals surface area contributed by atoms with Gasteiger partial charge in [0, 0.05) is 31.5 Å². The predicted molar refractivity (Wildman–Crippen MR) is 105 cm³/mol. The molecular weight excluding hydrogens is 402 g/mol. The summed E-state index contributed by atoms with van der Waals surface area (Å²) in [4.78, 5) is 40.6. The van der Waals surface area contributed by atoms with Gasteiger partial charge in [-0.05, 0) is 31.1 Å². The number of nitrogens with zero attached hydrogens (tertiary/aromatic N) is 1. The summed E-state index contributed by atoms with van der Waals surface area (Å²) in [6.45, 7) is 4.00. The number of hydrogen-bond acceptors (Lipinski definition) is 8. The molecule has 4 bridgehead atoms. The quantitative estimate of drug-likeness (QED) is 0.346. The van der Waals surface area contributed by atoms with E-state index in [0.717, 1.165) is 25.9 Å².